The molecular weight excluding hydrogens is 708 g/mol. The lowest BCUT2D eigenvalue weighted by Gasteiger charge is -2.30. The van der Waals surface area contributed by atoms with Crippen molar-refractivity contribution in [2.75, 3.05) is 0 Å². The number of halogens is 2. The van der Waals surface area contributed by atoms with E-state index in [-0.39, 0.29) is 11.6 Å². The molecule has 220 valence electrons. The van der Waals surface area contributed by atoms with Gasteiger partial charge in [-0.2, -0.15) is 0 Å². The van der Waals surface area contributed by atoms with E-state index in [4.69, 9.17) is 9.73 Å². The quantitative estimate of drug-likeness (QED) is 0.178. The van der Waals surface area contributed by atoms with Gasteiger partial charge >= 0.3 is 0 Å². The highest BCUT2D eigenvalue weighted by Gasteiger charge is 2.32. The van der Waals surface area contributed by atoms with E-state index in [2.05, 4.69) is 98.6 Å². The number of allylic oxidation sites excluding steroid dienone is 1. The number of fused-ring (bicyclic) bond motifs is 4. The normalized spacial score (nSPS) is 15.8. The zero-order valence-corrected chi connectivity index (χ0v) is 28.0. The maximum atomic E-state index is 14.1. The highest BCUT2D eigenvalue weighted by Crippen LogP contribution is 2.41. The van der Waals surface area contributed by atoms with Gasteiger partial charge in [-0.1, -0.05) is 108 Å². The maximum absolute atomic E-state index is 14.1. The van der Waals surface area contributed by atoms with Crippen molar-refractivity contribution in [3.8, 4) is 5.75 Å². The van der Waals surface area contributed by atoms with E-state index in [1.54, 1.807) is 0 Å². The van der Waals surface area contributed by atoms with E-state index in [9.17, 15) is 4.79 Å². The molecule has 8 rings (SSSR count). The van der Waals surface area contributed by atoms with E-state index in [1.807, 2.05) is 53.1 Å². The van der Waals surface area contributed by atoms with Crippen molar-refractivity contribution in [2.45, 2.75) is 25.5 Å². The largest absolute Gasteiger partial charge is 0.487 e. The van der Waals surface area contributed by atoms with Gasteiger partial charge in [-0.15, -0.1) is 0 Å². The molecule has 45 heavy (non-hydrogen) atoms. The third kappa shape index (κ3) is 5.13. The van der Waals surface area contributed by atoms with Gasteiger partial charge < -0.3 is 4.74 Å². The fraction of sp³-hybridized carbons (Fsp3) is 0.105. The van der Waals surface area contributed by atoms with Crippen LogP contribution in [-0.4, -0.2) is 4.57 Å². The summed E-state index contributed by atoms with van der Waals surface area (Å²) < 4.78 is 10.5. The molecule has 0 N–H and O–H groups in total. The van der Waals surface area contributed by atoms with Crippen LogP contribution in [-0.2, 0) is 13.0 Å². The van der Waals surface area contributed by atoms with Crippen LogP contribution in [0.1, 0.15) is 40.3 Å². The van der Waals surface area contributed by atoms with E-state index in [1.165, 1.54) is 38.8 Å². The Kier molecular flexibility index (Phi) is 7.40. The van der Waals surface area contributed by atoms with Gasteiger partial charge in [0.25, 0.3) is 5.56 Å². The van der Waals surface area contributed by atoms with E-state index < -0.39 is 0 Å². The van der Waals surface area contributed by atoms with Crippen LogP contribution in [0.15, 0.2) is 134 Å². The number of aryl methyl sites for hydroxylation is 1. The molecule has 7 heteroatoms. The zero-order chi connectivity index (χ0) is 30.5. The molecule has 0 saturated heterocycles. The van der Waals surface area contributed by atoms with Crippen molar-refractivity contribution < 1.29 is 4.74 Å². The monoisotopic (exact) mass is 732 g/mol. The molecule has 5 aromatic carbocycles. The Bertz CT molecular complexity index is 2310. The lowest BCUT2D eigenvalue weighted by molar-refractivity contribution is 0.303. The molecule has 4 nitrogen and oxygen atoms in total. The van der Waals surface area contributed by atoms with E-state index in [0.717, 1.165) is 54.7 Å². The third-order valence-corrected chi connectivity index (χ3v) is 10.7. The van der Waals surface area contributed by atoms with Gasteiger partial charge in [0.15, 0.2) is 4.80 Å². The number of nitrogens with zero attached hydrogens (tertiary/aromatic N) is 2. The summed E-state index contributed by atoms with van der Waals surface area (Å²) in [5.41, 5.74) is 7.78. The van der Waals surface area contributed by atoms with Crippen LogP contribution < -0.4 is 19.6 Å². The number of ether oxygens (including phenoxy) is 1. The fourth-order valence-electron chi connectivity index (χ4n) is 6.48. The lowest BCUT2D eigenvalue weighted by Crippen LogP contribution is -2.38. The van der Waals surface area contributed by atoms with Gasteiger partial charge in [0, 0.05) is 5.56 Å². The molecule has 1 aliphatic carbocycles. The molecule has 2 heterocycles. The average molecular weight is 735 g/mol. The van der Waals surface area contributed by atoms with Gasteiger partial charge in [-0.25, -0.2) is 4.99 Å². The Morgan fingerprint density at radius 2 is 1.60 bits per heavy atom. The first-order valence-corrected chi connectivity index (χ1v) is 17.2. The number of rotatable bonds is 5. The molecule has 0 saturated carbocycles. The Balaban J connectivity index is 1.18. The van der Waals surface area contributed by atoms with E-state index in [0.29, 0.717) is 11.1 Å². The van der Waals surface area contributed by atoms with Crippen LogP contribution in [0.4, 0.5) is 0 Å². The molecule has 0 unspecified atom stereocenters. The lowest BCUT2D eigenvalue weighted by atomic mass is 9.83. The summed E-state index contributed by atoms with van der Waals surface area (Å²) in [6, 6.07) is 37.2. The van der Waals surface area contributed by atoms with Gasteiger partial charge in [0.2, 0.25) is 0 Å². The van der Waals surface area contributed by atoms with Crippen LogP contribution in [0.2, 0.25) is 0 Å². The van der Waals surface area contributed by atoms with Crippen molar-refractivity contribution in [3.63, 3.8) is 0 Å². The Labute approximate surface area is 280 Å². The first kappa shape index (κ1) is 28.4. The van der Waals surface area contributed by atoms with Crippen molar-refractivity contribution >= 4 is 65.7 Å². The molecule has 1 atom stereocenters. The topological polar surface area (TPSA) is 43.6 Å². The number of hydrogen-bond donors (Lipinski definition) is 0. The Hall–Kier alpha value is -4.04. The van der Waals surface area contributed by atoms with Crippen LogP contribution in [0, 0.1) is 0 Å². The Morgan fingerprint density at radius 1 is 0.867 bits per heavy atom. The first-order valence-electron chi connectivity index (χ1n) is 14.8. The number of benzene rings is 5. The SMILES string of the molecule is O=c1/c(=C/c2cc(Br)c(OCc3cccc4ccccc34)c(Br)c2)sc2n1[C@@H](c1ccccc1)C1=C(N=2)c2ccccc2CC1. The molecule has 6 aromatic rings. The molecule has 0 fully saturated rings. The third-order valence-electron chi connectivity index (χ3n) is 8.56. The molecule has 0 amide bonds. The summed E-state index contributed by atoms with van der Waals surface area (Å²) in [5, 5.41) is 2.37. The Morgan fingerprint density at radius 3 is 2.44 bits per heavy atom. The maximum Gasteiger partial charge on any atom is 0.271 e. The minimum absolute atomic E-state index is 0.0264. The van der Waals surface area contributed by atoms with Crippen LogP contribution >= 0.6 is 43.2 Å². The highest BCUT2D eigenvalue weighted by atomic mass is 79.9. The van der Waals surface area contributed by atoms with Gasteiger partial charge in [0.05, 0.1) is 25.2 Å². The summed E-state index contributed by atoms with van der Waals surface area (Å²) in [5.74, 6) is 0.719. The molecule has 2 aliphatic rings. The highest BCUT2D eigenvalue weighted by molar-refractivity contribution is 9.11. The first-order chi connectivity index (χ1) is 22.0. The molecule has 0 radical (unpaired) electrons. The molecule has 0 spiro atoms. The van der Waals surface area contributed by atoms with Crippen molar-refractivity contribution in [1.82, 2.24) is 4.57 Å². The molecular formula is C38H26Br2N2O2S. The average Bonchev–Trinajstić information content (AvgIpc) is 3.37. The van der Waals surface area contributed by atoms with Crippen LogP contribution in [0.25, 0.3) is 22.5 Å². The minimum atomic E-state index is -0.184. The fourth-order valence-corrected chi connectivity index (χ4v) is 8.93. The van der Waals surface area contributed by atoms with Gasteiger partial charge in [-0.05, 0) is 102 Å². The molecule has 1 aliphatic heterocycles. The second-order valence-electron chi connectivity index (χ2n) is 11.3. The summed E-state index contributed by atoms with van der Waals surface area (Å²) in [6.07, 6.45) is 3.77. The smallest absolute Gasteiger partial charge is 0.271 e. The summed E-state index contributed by atoms with van der Waals surface area (Å²) in [7, 11) is 0. The second kappa shape index (κ2) is 11.7. The summed E-state index contributed by atoms with van der Waals surface area (Å²) in [4.78, 5) is 20.0. The molecule has 0 bridgehead atoms. The standard InChI is InChI=1S/C38H26Br2N2O2S/c39-31-19-23(20-32(40)36(31)44-22-27-14-8-13-24-9-4-6-15-28(24)27)21-33-37(43)42-35(26-11-2-1-3-12-26)30-18-17-25-10-5-7-16-29(25)34(30)41-38(42)45-33/h1-16,19-21,35H,17-18,22H2/b33-21-/t35-/m0/s1. The van der Waals surface area contributed by atoms with E-state index >= 15 is 0 Å². The van der Waals surface area contributed by atoms with Crippen LogP contribution in [0.5, 0.6) is 5.75 Å². The summed E-state index contributed by atoms with van der Waals surface area (Å²) >= 11 is 8.90. The summed E-state index contributed by atoms with van der Waals surface area (Å²) in [6.45, 7) is 0.434. The zero-order valence-electron chi connectivity index (χ0n) is 24.0. The van der Waals surface area contributed by atoms with Gasteiger partial charge in [-0.3, -0.25) is 9.36 Å². The van der Waals surface area contributed by atoms with Crippen molar-refractivity contribution in [3.05, 3.63) is 171 Å². The number of thiazole rings is 1. The predicted molar refractivity (Wildman–Crippen MR) is 189 cm³/mol. The van der Waals surface area contributed by atoms with Crippen LogP contribution in [0.3, 0.4) is 0 Å². The minimum Gasteiger partial charge on any atom is -0.487 e. The second-order valence-corrected chi connectivity index (χ2v) is 14.0. The molecule has 1 aromatic heterocycles. The van der Waals surface area contributed by atoms with Crippen molar-refractivity contribution in [1.29, 1.82) is 0 Å². The number of aromatic nitrogens is 1. The van der Waals surface area contributed by atoms with Crippen molar-refractivity contribution in [2.24, 2.45) is 4.99 Å². The predicted octanol–water partition coefficient (Wildman–Crippen LogP) is 8.58. The number of hydrogen-bond acceptors (Lipinski definition) is 4. The van der Waals surface area contributed by atoms with Gasteiger partial charge in [0.1, 0.15) is 12.4 Å².